The van der Waals surface area contributed by atoms with E-state index in [1.807, 2.05) is 26.0 Å². The standard InChI is InChI=1S/C12H14O/c1-4-5-11-6-9(2)12(8-13)10(3)7-11/h1,6-7,13H,5,8H2,2-3H3. The normalized spacial score (nSPS) is 9.69. The molecule has 0 amide bonds. The molecule has 0 unspecified atom stereocenters. The molecule has 0 saturated heterocycles. The summed E-state index contributed by atoms with van der Waals surface area (Å²) >= 11 is 0. The fourth-order valence-corrected chi connectivity index (χ4v) is 1.55. The van der Waals surface area contributed by atoms with E-state index in [4.69, 9.17) is 11.5 Å². The van der Waals surface area contributed by atoms with Gasteiger partial charge in [0.15, 0.2) is 0 Å². The van der Waals surface area contributed by atoms with Gasteiger partial charge in [0.2, 0.25) is 0 Å². The van der Waals surface area contributed by atoms with Crippen LogP contribution in [0.5, 0.6) is 0 Å². The highest BCUT2D eigenvalue weighted by atomic mass is 16.3. The Morgan fingerprint density at radius 1 is 1.31 bits per heavy atom. The van der Waals surface area contributed by atoms with Crippen LogP contribution in [0.4, 0.5) is 0 Å². The summed E-state index contributed by atoms with van der Waals surface area (Å²) in [6.07, 6.45) is 5.89. The largest absolute Gasteiger partial charge is 0.392 e. The molecule has 0 aliphatic rings. The molecule has 1 heteroatoms. The van der Waals surface area contributed by atoms with Gasteiger partial charge in [-0.25, -0.2) is 0 Å². The van der Waals surface area contributed by atoms with Crippen molar-refractivity contribution in [3.05, 3.63) is 34.4 Å². The Morgan fingerprint density at radius 2 is 1.85 bits per heavy atom. The topological polar surface area (TPSA) is 20.2 Å². The van der Waals surface area contributed by atoms with Crippen LogP contribution in [0.2, 0.25) is 0 Å². The summed E-state index contributed by atoms with van der Waals surface area (Å²) in [5.74, 6) is 2.61. The summed E-state index contributed by atoms with van der Waals surface area (Å²) in [6, 6.07) is 4.08. The van der Waals surface area contributed by atoms with Crippen LogP contribution in [0.3, 0.4) is 0 Å². The van der Waals surface area contributed by atoms with Gasteiger partial charge in [0.1, 0.15) is 0 Å². The second-order valence-electron chi connectivity index (χ2n) is 3.25. The molecule has 0 aliphatic carbocycles. The lowest BCUT2D eigenvalue weighted by Crippen LogP contribution is -1.95. The maximum atomic E-state index is 9.08. The van der Waals surface area contributed by atoms with Crippen LogP contribution in [-0.4, -0.2) is 5.11 Å². The third kappa shape index (κ3) is 2.11. The summed E-state index contributed by atoms with van der Waals surface area (Å²) < 4.78 is 0. The van der Waals surface area contributed by atoms with Gasteiger partial charge in [-0.2, -0.15) is 0 Å². The average molecular weight is 174 g/mol. The van der Waals surface area contributed by atoms with Crippen molar-refractivity contribution in [2.45, 2.75) is 26.9 Å². The van der Waals surface area contributed by atoms with E-state index in [9.17, 15) is 0 Å². The summed E-state index contributed by atoms with van der Waals surface area (Å²) in [5.41, 5.74) is 4.40. The molecule has 1 rings (SSSR count). The zero-order valence-corrected chi connectivity index (χ0v) is 8.09. The summed E-state index contributed by atoms with van der Waals surface area (Å²) in [6.45, 7) is 4.10. The van der Waals surface area contributed by atoms with Gasteiger partial charge in [-0.05, 0) is 36.1 Å². The third-order valence-electron chi connectivity index (χ3n) is 2.22. The number of hydrogen-bond acceptors (Lipinski definition) is 1. The zero-order chi connectivity index (χ0) is 9.84. The number of aryl methyl sites for hydroxylation is 2. The second-order valence-corrected chi connectivity index (χ2v) is 3.25. The number of hydrogen-bond donors (Lipinski definition) is 1. The third-order valence-corrected chi connectivity index (χ3v) is 2.22. The van der Waals surface area contributed by atoms with E-state index in [-0.39, 0.29) is 6.61 Å². The molecule has 1 aromatic carbocycles. The highest BCUT2D eigenvalue weighted by Gasteiger charge is 2.02. The zero-order valence-electron chi connectivity index (χ0n) is 8.09. The molecule has 0 heterocycles. The number of aliphatic hydroxyl groups is 1. The summed E-state index contributed by atoms with van der Waals surface area (Å²) in [7, 11) is 0. The minimum atomic E-state index is 0.105. The molecule has 0 bridgehead atoms. The van der Waals surface area contributed by atoms with Crippen molar-refractivity contribution >= 4 is 0 Å². The lowest BCUT2D eigenvalue weighted by atomic mass is 9.99. The van der Waals surface area contributed by atoms with E-state index in [1.54, 1.807) is 0 Å². The number of aliphatic hydroxyl groups excluding tert-OH is 1. The van der Waals surface area contributed by atoms with Gasteiger partial charge in [0.05, 0.1) is 6.61 Å². The quantitative estimate of drug-likeness (QED) is 0.680. The summed E-state index contributed by atoms with van der Waals surface area (Å²) in [5, 5.41) is 9.08. The first-order valence-electron chi connectivity index (χ1n) is 4.32. The van der Waals surface area contributed by atoms with Gasteiger partial charge < -0.3 is 5.11 Å². The Labute approximate surface area is 79.4 Å². The molecule has 0 atom stereocenters. The molecule has 0 fully saturated rings. The Bertz CT molecular complexity index is 322. The first kappa shape index (κ1) is 9.83. The molecule has 1 nitrogen and oxygen atoms in total. The van der Waals surface area contributed by atoms with Crippen molar-refractivity contribution in [1.82, 2.24) is 0 Å². The van der Waals surface area contributed by atoms with Crippen molar-refractivity contribution in [1.29, 1.82) is 0 Å². The predicted molar refractivity (Wildman–Crippen MR) is 54.4 cm³/mol. The Morgan fingerprint density at radius 3 is 2.23 bits per heavy atom. The molecule has 0 aliphatic heterocycles. The molecule has 0 spiro atoms. The molecule has 1 aromatic rings. The van der Waals surface area contributed by atoms with Crippen molar-refractivity contribution in [2.75, 3.05) is 0 Å². The predicted octanol–water partition coefficient (Wildman–Crippen LogP) is 1.97. The fraction of sp³-hybridized carbons (Fsp3) is 0.333. The van der Waals surface area contributed by atoms with Crippen LogP contribution in [0, 0.1) is 26.2 Å². The van der Waals surface area contributed by atoms with Crippen LogP contribution in [0.25, 0.3) is 0 Å². The van der Waals surface area contributed by atoms with Gasteiger partial charge in [-0.3, -0.25) is 0 Å². The second kappa shape index (κ2) is 4.11. The number of rotatable bonds is 2. The first-order valence-corrected chi connectivity index (χ1v) is 4.32. The van der Waals surface area contributed by atoms with Gasteiger partial charge in [-0.15, -0.1) is 12.3 Å². The van der Waals surface area contributed by atoms with E-state index in [0.29, 0.717) is 6.42 Å². The molecule has 0 saturated carbocycles. The van der Waals surface area contributed by atoms with Gasteiger partial charge >= 0.3 is 0 Å². The molecule has 0 aromatic heterocycles. The number of terminal acetylenes is 1. The van der Waals surface area contributed by atoms with Gasteiger partial charge in [-0.1, -0.05) is 12.1 Å². The molecular weight excluding hydrogens is 160 g/mol. The van der Waals surface area contributed by atoms with Crippen LogP contribution in [0.1, 0.15) is 22.3 Å². The van der Waals surface area contributed by atoms with Crippen LogP contribution >= 0.6 is 0 Å². The Balaban J connectivity index is 3.14. The average Bonchev–Trinajstić information content (AvgIpc) is 2.04. The fourth-order valence-electron chi connectivity index (χ4n) is 1.55. The molecular formula is C12H14O. The maximum absolute atomic E-state index is 9.08. The van der Waals surface area contributed by atoms with E-state index in [2.05, 4.69) is 5.92 Å². The highest BCUT2D eigenvalue weighted by molar-refractivity contribution is 5.38. The van der Waals surface area contributed by atoms with Crippen molar-refractivity contribution < 1.29 is 5.11 Å². The highest BCUT2D eigenvalue weighted by Crippen LogP contribution is 2.16. The SMILES string of the molecule is C#CCc1cc(C)c(CO)c(C)c1. The monoisotopic (exact) mass is 174 g/mol. The lowest BCUT2D eigenvalue weighted by molar-refractivity contribution is 0.280. The van der Waals surface area contributed by atoms with E-state index in [0.717, 1.165) is 22.3 Å². The van der Waals surface area contributed by atoms with E-state index < -0.39 is 0 Å². The molecule has 13 heavy (non-hydrogen) atoms. The van der Waals surface area contributed by atoms with Crippen LogP contribution in [0.15, 0.2) is 12.1 Å². The first-order chi connectivity index (χ1) is 6.19. The lowest BCUT2D eigenvalue weighted by Gasteiger charge is -2.08. The molecule has 0 radical (unpaired) electrons. The van der Waals surface area contributed by atoms with Gasteiger partial charge in [0.25, 0.3) is 0 Å². The van der Waals surface area contributed by atoms with E-state index >= 15 is 0 Å². The molecule has 68 valence electrons. The molecule has 1 N–H and O–H groups in total. The summed E-state index contributed by atoms with van der Waals surface area (Å²) in [4.78, 5) is 0. The van der Waals surface area contributed by atoms with Crippen LogP contribution in [-0.2, 0) is 13.0 Å². The van der Waals surface area contributed by atoms with Crippen molar-refractivity contribution in [2.24, 2.45) is 0 Å². The smallest absolute Gasteiger partial charge is 0.0686 e. The van der Waals surface area contributed by atoms with Crippen molar-refractivity contribution in [3.8, 4) is 12.3 Å². The number of benzene rings is 1. The Hall–Kier alpha value is -1.26. The van der Waals surface area contributed by atoms with Crippen molar-refractivity contribution in [3.63, 3.8) is 0 Å². The minimum absolute atomic E-state index is 0.105. The Kier molecular flexibility index (Phi) is 3.11. The minimum Gasteiger partial charge on any atom is -0.392 e. The van der Waals surface area contributed by atoms with E-state index in [1.165, 1.54) is 0 Å². The van der Waals surface area contributed by atoms with Crippen LogP contribution < -0.4 is 0 Å². The maximum Gasteiger partial charge on any atom is 0.0686 e. The van der Waals surface area contributed by atoms with Gasteiger partial charge in [0, 0.05) is 6.42 Å².